The molecule has 1 fully saturated rings. The summed E-state index contributed by atoms with van der Waals surface area (Å²) in [5.41, 5.74) is 1.94. The van der Waals surface area contributed by atoms with Crippen molar-refractivity contribution in [1.29, 1.82) is 0 Å². The van der Waals surface area contributed by atoms with Gasteiger partial charge in [0.05, 0.1) is 0 Å². The minimum Gasteiger partial charge on any atom is -0.457 e. The fourth-order valence-corrected chi connectivity index (χ4v) is 3.43. The van der Waals surface area contributed by atoms with E-state index in [0.29, 0.717) is 11.6 Å². The Balaban J connectivity index is 1.43. The normalized spacial score (nSPS) is 13.8. The lowest BCUT2D eigenvalue weighted by Crippen LogP contribution is -2.33. The molecule has 6 nitrogen and oxygen atoms in total. The van der Waals surface area contributed by atoms with Crippen LogP contribution in [0, 0.1) is 6.92 Å². The molecule has 6 heteroatoms. The van der Waals surface area contributed by atoms with Crippen LogP contribution in [-0.2, 0) is 0 Å². The monoisotopic (exact) mass is 388 g/mol. The molecule has 4 rings (SSSR count). The molecule has 0 aliphatic heterocycles. The van der Waals surface area contributed by atoms with Gasteiger partial charge in [0.15, 0.2) is 0 Å². The first-order chi connectivity index (χ1) is 14.2. The molecule has 0 bridgehead atoms. The van der Waals surface area contributed by atoms with E-state index in [9.17, 15) is 4.79 Å². The molecule has 0 radical (unpaired) electrons. The predicted molar refractivity (Wildman–Crippen MR) is 113 cm³/mol. The molecule has 2 N–H and O–H groups in total. The van der Waals surface area contributed by atoms with E-state index < -0.39 is 0 Å². The van der Waals surface area contributed by atoms with Crippen molar-refractivity contribution in [3.8, 4) is 11.5 Å². The average molecular weight is 388 g/mol. The van der Waals surface area contributed by atoms with Crippen LogP contribution >= 0.6 is 0 Å². The minimum absolute atomic E-state index is 0.142. The smallest absolute Gasteiger partial charge is 0.270 e. The largest absolute Gasteiger partial charge is 0.457 e. The van der Waals surface area contributed by atoms with Gasteiger partial charge in [-0.2, -0.15) is 0 Å². The maximum Gasteiger partial charge on any atom is 0.270 e. The third kappa shape index (κ3) is 5.10. The molecule has 0 unspecified atom stereocenters. The second kappa shape index (κ2) is 8.73. The van der Waals surface area contributed by atoms with Gasteiger partial charge in [-0.3, -0.25) is 4.79 Å². The minimum atomic E-state index is -0.142. The molecule has 1 aliphatic carbocycles. The lowest BCUT2D eigenvalue weighted by molar-refractivity contribution is 0.0932. The lowest BCUT2D eigenvalue weighted by Gasteiger charge is -2.13. The van der Waals surface area contributed by atoms with E-state index in [-0.39, 0.29) is 11.9 Å². The number of hydrogen-bond donors (Lipinski definition) is 2. The zero-order valence-electron chi connectivity index (χ0n) is 16.4. The molecule has 1 aromatic heterocycles. The number of carbonyl (C=O) groups is 1. The molecule has 1 aliphatic rings. The lowest BCUT2D eigenvalue weighted by atomic mass is 10.2. The molecule has 0 atom stereocenters. The Morgan fingerprint density at radius 1 is 0.966 bits per heavy atom. The van der Waals surface area contributed by atoms with Crippen molar-refractivity contribution in [2.45, 2.75) is 38.6 Å². The van der Waals surface area contributed by atoms with Gasteiger partial charge in [-0.25, -0.2) is 9.97 Å². The van der Waals surface area contributed by atoms with Crippen molar-refractivity contribution in [3.05, 3.63) is 72.1 Å². The Bertz CT molecular complexity index is 968. The maximum atomic E-state index is 12.5. The highest BCUT2D eigenvalue weighted by Gasteiger charge is 2.19. The van der Waals surface area contributed by atoms with Gasteiger partial charge in [0.25, 0.3) is 5.91 Å². The zero-order chi connectivity index (χ0) is 20.1. The second-order valence-corrected chi connectivity index (χ2v) is 7.24. The first-order valence-electron chi connectivity index (χ1n) is 9.92. The Morgan fingerprint density at radius 3 is 2.38 bits per heavy atom. The van der Waals surface area contributed by atoms with Gasteiger partial charge in [-0.15, -0.1) is 0 Å². The number of nitrogens with one attached hydrogen (secondary N) is 2. The Morgan fingerprint density at radius 2 is 1.66 bits per heavy atom. The number of ether oxygens (including phenoxy) is 1. The summed E-state index contributed by atoms with van der Waals surface area (Å²) in [7, 11) is 0. The molecule has 1 heterocycles. The number of para-hydroxylation sites is 1. The summed E-state index contributed by atoms with van der Waals surface area (Å²) in [6, 6.07) is 19.1. The first kappa shape index (κ1) is 18.9. The van der Waals surface area contributed by atoms with Gasteiger partial charge in [0.1, 0.15) is 17.2 Å². The van der Waals surface area contributed by atoms with Crippen LogP contribution in [0.2, 0.25) is 0 Å². The summed E-state index contributed by atoms with van der Waals surface area (Å²) >= 11 is 0. The summed E-state index contributed by atoms with van der Waals surface area (Å²) in [4.78, 5) is 21.3. The van der Waals surface area contributed by atoms with Crippen LogP contribution < -0.4 is 15.4 Å². The number of anilines is 2. The number of hydrogen-bond acceptors (Lipinski definition) is 5. The van der Waals surface area contributed by atoms with E-state index in [1.807, 2.05) is 61.5 Å². The number of amides is 1. The molecule has 148 valence electrons. The Kier molecular flexibility index (Phi) is 5.70. The van der Waals surface area contributed by atoms with Gasteiger partial charge in [0.2, 0.25) is 5.95 Å². The van der Waals surface area contributed by atoms with Crippen LogP contribution in [0.4, 0.5) is 11.6 Å². The van der Waals surface area contributed by atoms with E-state index in [0.717, 1.165) is 35.7 Å². The van der Waals surface area contributed by atoms with Crippen LogP contribution in [-0.4, -0.2) is 21.9 Å². The van der Waals surface area contributed by atoms with E-state index >= 15 is 0 Å². The van der Waals surface area contributed by atoms with Crippen LogP contribution in [0.5, 0.6) is 11.5 Å². The highest BCUT2D eigenvalue weighted by atomic mass is 16.5. The highest BCUT2D eigenvalue weighted by Crippen LogP contribution is 2.24. The Labute approximate surface area is 170 Å². The number of aryl methyl sites for hydroxylation is 1. The number of benzene rings is 2. The number of aromatic nitrogens is 2. The zero-order valence-corrected chi connectivity index (χ0v) is 16.4. The van der Waals surface area contributed by atoms with Gasteiger partial charge < -0.3 is 15.4 Å². The second-order valence-electron chi connectivity index (χ2n) is 7.24. The molecule has 2 aromatic carbocycles. The summed E-state index contributed by atoms with van der Waals surface area (Å²) in [6.45, 7) is 1.86. The van der Waals surface area contributed by atoms with Crippen LogP contribution in [0.15, 0.2) is 60.7 Å². The first-order valence-corrected chi connectivity index (χ1v) is 9.92. The van der Waals surface area contributed by atoms with Crippen LogP contribution in [0.25, 0.3) is 0 Å². The standard InChI is InChI=1S/C23H24N4O2/c1-16-15-21(22(28)25-17-7-5-6-8-17)27-23(24-16)26-18-11-13-20(14-12-18)29-19-9-3-2-4-10-19/h2-4,9-15,17H,5-8H2,1H3,(H,25,28)(H,24,26,27). The van der Waals surface area contributed by atoms with E-state index in [1.54, 1.807) is 6.07 Å². The summed E-state index contributed by atoms with van der Waals surface area (Å²) in [6.07, 6.45) is 4.42. The maximum absolute atomic E-state index is 12.5. The molecule has 0 saturated heterocycles. The molecular weight excluding hydrogens is 364 g/mol. The molecule has 1 amide bonds. The molecule has 1 saturated carbocycles. The van der Waals surface area contributed by atoms with E-state index in [1.165, 1.54) is 12.8 Å². The predicted octanol–water partition coefficient (Wildman–Crippen LogP) is 4.99. The Hall–Kier alpha value is -3.41. The van der Waals surface area contributed by atoms with Crippen molar-refractivity contribution < 1.29 is 9.53 Å². The summed E-state index contributed by atoms with van der Waals surface area (Å²) in [5.74, 6) is 1.78. The van der Waals surface area contributed by atoms with Crippen molar-refractivity contribution in [2.24, 2.45) is 0 Å². The van der Waals surface area contributed by atoms with Crippen molar-refractivity contribution in [2.75, 3.05) is 5.32 Å². The summed E-state index contributed by atoms with van der Waals surface area (Å²) in [5, 5.41) is 6.24. The fraction of sp³-hybridized carbons (Fsp3) is 0.261. The number of nitrogens with zero attached hydrogens (tertiary/aromatic N) is 2. The quantitative estimate of drug-likeness (QED) is 0.622. The van der Waals surface area contributed by atoms with Crippen LogP contribution in [0.1, 0.15) is 41.9 Å². The van der Waals surface area contributed by atoms with Crippen molar-refractivity contribution >= 4 is 17.5 Å². The molecule has 0 spiro atoms. The van der Waals surface area contributed by atoms with Gasteiger partial charge >= 0.3 is 0 Å². The van der Waals surface area contributed by atoms with Gasteiger partial charge in [-0.05, 0) is 62.2 Å². The number of rotatable bonds is 6. The molecule has 3 aromatic rings. The SMILES string of the molecule is Cc1cc(C(=O)NC2CCCC2)nc(Nc2ccc(Oc3ccccc3)cc2)n1. The van der Waals surface area contributed by atoms with E-state index in [2.05, 4.69) is 20.6 Å². The van der Waals surface area contributed by atoms with Gasteiger partial charge in [0, 0.05) is 17.4 Å². The average Bonchev–Trinajstić information content (AvgIpc) is 3.23. The van der Waals surface area contributed by atoms with E-state index in [4.69, 9.17) is 4.74 Å². The van der Waals surface area contributed by atoms with Crippen molar-refractivity contribution in [3.63, 3.8) is 0 Å². The topological polar surface area (TPSA) is 76.1 Å². The highest BCUT2D eigenvalue weighted by molar-refractivity contribution is 5.92. The van der Waals surface area contributed by atoms with Crippen molar-refractivity contribution in [1.82, 2.24) is 15.3 Å². The fourth-order valence-electron chi connectivity index (χ4n) is 3.43. The van der Waals surface area contributed by atoms with Gasteiger partial charge in [-0.1, -0.05) is 31.0 Å². The molecule has 29 heavy (non-hydrogen) atoms. The third-order valence-electron chi connectivity index (χ3n) is 4.87. The molecular formula is C23H24N4O2. The summed E-state index contributed by atoms with van der Waals surface area (Å²) < 4.78 is 5.80. The number of carbonyl (C=O) groups excluding carboxylic acids is 1. The van der Waals surface area contributed by atoms with Crippen LogP contribution in [0.3, 0.4) is 0 Å². The third-order valence-corrected chi connectivity index (χ3v) is 4.87.